The van der Waals surface area contributed by atoms with Gasteiger partial charge in [-0.05, 0) is 37.1 Å². The molecule has 0 aromatic rings. The van der Waals surface area contributed by atoms with Gasteiger partial charge in [0.2, 0.25) is 5.91 Å². The molecule has 4 nitrogen and oxygen atoms in total. The van der Waals surface area contributed by atoms with Crippen LogP contribution in [0.1, 0.15) is 12.8 Å². The molecule has 4 rings (SSSR count). The first-order valence-electron chi connectivity index (χ1n) is 6.30. The van der Waals surface area contributed by atoms with Crippen molar-refractivity contribution < 1.29 is 9.53 Å². The highest BCUT2D eigenvalue weighted by Gasteiger charge is 2.50. The van der Waals surface area contributed by atoms with Gasteiger partial charge in [-0.15, -0.1) is 0 Å². The standard InChI is InChI=1S/C12H20N2O2/c1-16-7-12(15)14-6-8-2-3-11(14)10-5-13-4-9(8)10/h8-11,13H,2-7H2,1H3. The van der Waals surface area contributed by atoms with Gasteiger partial charge in [0.15, 0.2) is 0 Å². The van der Waals surface area contributed by atoms with Crippen molar-refractivity contribution in [2.24, 2.45) is 17.8 Å². The fraction of sp³-hybridized carbons (Fsp3) is 0.917. The van der Waals surface area contributed by atoms with Gasteiger partial charge in [-0.3, -0.25) is 4.79 Å². The summed E-state index contributed by atoms with van der Waals surface area (Å²) in [5.41, 5.74) is 0. The third-order valence-corrected chi connectivity index (χ3v) is 4.66. The van der Waals surface area contributed by atoms with E-state index in [1.807, 2.05) is 0 Å². The Morgan fingerprint density at radius 3 is 3.00 bits per heavy atom. The molecule has 0 radical (unpaired) electrons. The molecule has 1 amide bonds. The number of ether oxygens (including phenoxy) is 1. The number of hydrogen-bond acceptors (Lipinski definition) is 3. The summed E-state index contributed by atoms with van der Waals surface area (Å²) in [6.45, 7) is 3.48. The fourth-order valence-electron chi connectivity index (χ4n) is 3.96. The van der Waals surface area contributed by atoms with E-state index in [9.17, 15) is 4.79 Å². The Morgan fingerprint density at radius 2 is 2.19 bits per heavy atom. The summed E-state index contributed by atoms with van der Waals surface area (Å²) in [5, 5.41) is 3.49. The van der Waals surface area contributed by atoms with Gasteiger partial charge in [0, 0.05) is 26.2 Å². The summed E-state index contributed by atoms with van der Waals surface area (Å²) in [5.74, 6) is 2.44. The average molecular weight is 224 g/mol. The monoisotopic (exact) mass is 224 g/mol. The SMILES string of the molecule is COCC(=O)N1CC2CCC1C1CNCC21. The second-order valence-electron chi connectivity index (χ2n) is 5.37. The van der Waals surface area contributed by atoms with E-state index in [4.69, 9.17) is 4.74 Å². The molecule has 4 heteroatoms. The van der Waals surface area contributed by atoms with E-state index in [1.54, 1.807) is 7.11 Å². The average Bonchev–Trinajstić information content (AvgIpc) is 2.80. The fourth-order valence-corrected chi connectivity index (χ4v) is 3.96. The van der Waals surface area contributed by atoms with E-state index in [0.717, 1.165) is 31.5 Å². The van der Waals surface area contributed by atoms with Crippen LogP contribution in [0.25, 0.3) is 0 Å². The van der Waals surface area contributed by atoms with Crippen molar-refractivity contribution in [1.82, 2.24) is 10.2 Å². The summed E-state index contributed by atoms with van der Waals surface area (Å²) in [4.78, 5) is 14.0. The zero-order valence-corrected chi connectivity index (χ0v) is 9.82. The van der Waals surface area contributed by atoms with Gasteiger partial charge in [-0.2, -0.15) is 0 Å². The smallest absolute Gasteiger partial charge is 0.248 e. The molecule has 0 aromatic heterocycles. The minimum Gasteiger partial charge on any atom is -0.375 e. The number of amides is 1. The number of carbonyl (C=O) groups is 1. The summed E-state index contributed by atoms with van der Waals surface area (Å²) >= 11 is 0. The van der Waals surface area contributed by atoms with Crippen molar-refractivity contribution in [3.05, 3.63) is 0 Å². The predicted octanol–water partition coefficient (Wildman–Crippen LogP) is 0.0892. The molecule has 3 aliphatic heterocycles. The lowest BCUT2D eigenvalue weighted by atomic mass is 9.66. The number of nitrogens with zero attached hydrogens (tertiary/aromatic N) is 1. The molecule has 3 heterocycles. The van der Waals surface area contributed by atoms with Crippen LogP contribution >= 0.6 is 0 Å². The molecule has 1 N–H and O–H groups in total. The van der Waals surface area contributed by atoms with Gasteiger partial charge in [-0.1, -0.05) is 0 Å². The molecule has 2 bridgehead atoms. The molecule has 0 aromatic carbocycles. The minimum absolute atomic E-state index is 0.183. The first-order valence-corrected chi connectivity index (χ1v) is 6.30. The lowest BCUT2D eigenvalue weighted by Crippen LogP contribution is -2.59. The summed E-state index contributed by atoms with van der Waals surface area (Å²) < 4.78 is 4.97. The number of fused-ring (bicyclic) bond motifs is 2. The van der Waals surface area contributed by atoms with E-state index >= 15 is 0 Å². The predicted molar refractivity (Wildman–Crippen MR) is 60.0 cm³/mol. The van der Waals surface area contributed by atoms with Crippen LogP contribution in [0.5, 0.6) is 0 Å². The Morgan fingerprint density at radius 1 is 1.38 bits per heavy atom. The zero-order chi connectivity index (χ0) is 11.1. The Hall–Kier alpha value is -0.610. The second kappa shape index (κ2) is 4.00. The van der Waals surface area contributed by atoms with Crippen LogP contribution < -0.4 is 5.32 Å². The first-order chi connectivity index (χ1) is 7.81. The van der Waals surface area contributed by atoms with Gasteiger partial charge in [0.25, 0.3) is 0 Å². The largest absolute Gasteiger partial charge is 0.375 e. The lowest BCUT2D eigenvalue weighted by molar-refractivity contribution is -0.147. The lowest BCUT2D eigenvalue weighted by Gasteiger charge is -2.52. The molecule has 4 unspecified atom stereocenters. The van der Waals surface area contributed by atoms with E-state index in [-0.39, 0.29) is 12.5 Å². The molecule has 1 saturated carbocycles. The molecule has 0 spiro atoms. The Bertz CT molecular complexity index is 295. The summed E-state index contributed by atoms with van der Waals surface area (Å²) in [6, 6.07) is 0.479. The van der Waals surface area contributed by atoms with Crippen molar-refractivity contribution in [2.75, 3.05) is 33.4 Å². The van der Waals surface area contributed by atoms with Gasteiger partial charge >= 0.3 is 0 Å². The highest BCUT2D eigenvalue weighted by molar-refractivity contribution is 5.78. The van der Waals surface area contributed by atoms with Gasteiger partial charge < -0.3 is 15.0 Å². The third-order valence-electron chi connectivity index (χ3n) is 4.66. The number of piperidine rings is 2. The van der Waals surface area contributed by atoms with E-state index in [2.05, 4.69) is 10.2 Å². The second-order valence-corrected chi connectivity index (χ2v) is 5.37. The Labute approximate surface area is 96.3 Å². The van der Waals surface area contributed by atoms with Crippen LogP contribution in [-0.2, 0) is 9.53 Å². The van der Waals surface area contributed by atoms with Gasteiger partial charge in [-0.25, -0.2) is 0 Å². The highest BCUT2D eigenvalue weighted by Crippen LogP contribution is 2.44. The maximum absolute atomic E-state index is 12.0. The number of carbonyl (C=O) groups excluding carboxylic acids is 1. The molecule has 1 aliphatic carbocycles. The molecule has 4 atom stereocenters. The number of hydrogen-bond donors (Lipinski definition) is 1. The third kappa shape index (κ3) is 1.47. The van der Waals surface area contributed by atoms with Gasteiger partial charge in [0.05, 0.1) is 0 Å². The van der Waals surface area contributed by atoms with Crippen LogP contribution in [0.2, 0.25) is 0 Å². The van der Waals surface area contributed by atoms with Crippen molar-refractivity contribution in [2.45, 2.75) is 18.9 Å². The van der Waals surface area contributed by atoms with Crippen molar-refractivity contribution in [1.29, 1.82) is 0 Å². The van der Waals surface area contributed by atoms with E-state index in [0.29, 0.717) is 12.0 Å². The molecule has 3 saturated heterocycles. The summed E-state index contributed by atoms with van der Waals surface area (Å²) in [6.07, 6.45) is 2.51. The molecule has 4 aliphatic rings. The maximum atomic E-state index is 12.0. The first kappa shape index (κ1) is 10.5. The Kier molecular flexibility index (Phi) is 2.64. The number of rotatable bonds is 2. The van der Waals surface area contributed by atoms with Crippen molar-refractivity contribution in [3.63, 3.8) is 0 Å². The molecular formula is C12H20N2O2. The number of nitrogens with one attached hydrogen (secondary N) is 1. The maximum Gasteiger partial charge on any atom is 0.248 e. The van der Waals surface area contributed by atoms with Crippen molar-refractivity contribution in [3.8, 4) is 0 Å². The van der Waals surface area contributed by atoms with E-state index < -0.39 is 0 Å². The highest BCUT2D eigenvalue weighted by atomic mass is 16.5. The molecular weight excluding hydrogens is 204 g/mol. The van der Waals surface area contributed by atoms with Crippen LogP contribution in [0.4, 0.5) is 0 Å². The van der Waals surface area contributed by atoms with Crippen LogP contribution in [0, 0.1) is 17.8 Å². The van der Waals surface area contributed by atoms with Crippen molar-refractivity contribution >= 4 is 5.91 Å². The normalized spacial score (nSPS) is 41.2. The van der Waals surface area contributed by atoms with Crippen LogP contribution in [0.3, 0.4) is 0 Å². The quantitative estimate of drug-likeness (QED) is 0.723. The summed E-state index contributed by atoms with van der Waals surface area (Å²) in [7, 11) is 1.60. The van der Waals surface area contributed by atoms with Gasteiger partial charge in [0.1, 0.15) is 6.61 Å². The minimum atomic E-state index is 0.183. The Balaban J connectivity index is 1.77. The molecule has 90 valence electrons. The topological polar surface area (TPSA) is 41.6 Å². The molecule has 4 fully saturated rings. The van der Waals surface area contributed by atoms with E-state index in [1.165, 1.54) is 12.8 Å². The van der Waals surface area contributed by atoms with Crippen LogP contribution in [0.15, 0.2) is 0 Å². The molecule has 16 heavy (non-hydrogen) atoms. The zero-order valence-electron chi connectivity index (χ0n) is 9.82. The van der Waals surface area contributed by atoms with Crippen LogP contribution in [-0.4, -0.2) is 50.2 Å². The number of methoxy groups -OCH3 is 1.